The Labute approximate surface area is 206 Å². The molecule has 1 aliphatic rings. The van der Waals surface area contributed by atoms with Crippen LogP contribution in [0.4, 0.5) is 5.69 Å². The van der Waals surface area contributed by atoms with Crippen molar-refractivity contribution in [2.24, 2.45) is 5.92 Å². The summed E-state index contributed by atoms with van der Waals surface area (Å²) in [5.74, 6) is -0.725. The molecule has 0 atom stereocenters. The van der Waals surface area contributed by atoms with Gasteiger partial charge in [-0.3, -0.25) is 13.9 Å². The van der Waals surface area contributed by atoms with Gasteiger partial charge in [0.2, 0.25) is 0 Å². The lowest BCUT2D eigenvalue weighted by molar-refractivity contribution is -0.146. The van der Waals surface area contributed by atoms with Crippen LogP contribution in [0.2, 0.25) is 0 Å². The van der Waals surface area contributed by atoms with Crippen molar-refractivity contribution in [2.45, 2.75) is 24.3 Å². The number of carbonyl (C=O) groups is 2. The maximum Gasteiger partial charge on any atom is 0.308 e. The van der Waals surface area contributed by atoms with Crippen LogP contribution in [0.5, 0.6) is 0 Å². The van der Waals surface area contributed by atoms with Crippen molar-refractivity contribution in [2.75, 3.05) is 24.5 Å². The minimum absolute atomic E-state index is 0.0487. The maximum atomic E-state index is 13.8. The predicted octanol–water partition coefficient (Wildman–Crippen LogP) is 4.11. The minimum Gasteiger partial charge on any atom is -0.469 e. The van der Waals surface area contributed by atoms with E-state index in [4.69, 9.17) is 4.74 Å². The number of esters is 1. The second-order valence-electron chi connectivity index (χ2n) is 8.45. The van der Waals surface area contributed by atoms with Gasteiger partial charge in [0.05, 0.1) is 30.2 Å². The highest BCUT2D eigenvalue weighted by molar-refractivity contribution is 7.92. The number of nitrogens with zero attached hydrogens (tertiary/aromatic N) is 2. The van der Waals surface area contributed by atoms with Crippen LogP contribution < -0.4 is 4.31 Å². The number of carbonyl (C=O) groups excluding carboxylic acids is 2. The minimum atomic E-state index is -3.96. The quantitative estimate of drug-likeness (QED) is 0.464. The fourth-order valence-electron chi connectivity index (χ4n) is 4.24. The monoisotopic (exact) mass is 492 g/mol. The van der Waals surface area contributed by atoms with Crippen LogP contribution in [-0.4, -0.2) is 45.4 Å². The van der Waals surface area contributed by atoms with Gasteiger partial charge < -0.3 is 9.64 Å². The Balaban J connectivity index is 1.60. The molecule has 8 heteroatoms. The van der Waals surface area contributed by atoms with Gasteiger partial charge in [0.25, 0.3) is 15.9 Å². The Kier molecular flexibility index (Phi) is 7.51. The summed E-state index contributed by atoms with van der Waals surface area (Å²) in [6.07, 6.45) is 1.05. The summed E-state index contributed by atoms with van der Waals surface area (Å²) in [4.78, 5) is 26.6. The lowest BCUT2D eigenvalue weighted by Crippen LogP contribution is -2.40. The Morgan fingerprint density at radius 1 is 0.914 bits per heavy atom. The molecule has 1 fully saturated rings. The number of sulfonamides is 1. The number of piperidine rings is 1. The standard InChI is InChI=1S/C27H28N2O5S/c1-34-27(31)22-15-17-28(18-16-22)26(30)23-11-8-14-25(19-23)35(32,33)29(24-12-6-3-7-13-24)20-21-9-4-2-5-10-21/h2-14,19,22H,15-18,20H2,1H3. The molecule has 0 aliphatic carbocycles. The molecule has 3 aromatic rings. The fraction of sp³-hybridized carbons (Fsp3) is 0.259. The first-order valence-electron chi connectivity index (χ1n) is 11.5. The molecule has 0 saturated carbocycles. The number of para-hydroxylation sites is 1. The van der Waals surface area contributed by atoms with Gasteiger partial charge in [-0.2, -0.15) is 0 Å². The average molecular weight is 493 g/mol. The second kappa shape index (κ2) is 10.7. The molecule has 1 amide bonds. The summed E-state index contributed by atoms with van der Waals surface area (Å²) < 4.78 is 33.7. The summed E-state index contributed by atoms with van der Waals surface area (Å²) >= 11 is 0. The van der Waals surface area contributed by atoms with Crippen molar-refractivity contribution in [3.05, 3.63) is 96.1 Å². The maximum absolute atomic E-state index is 13.8. The van der Waals surface area contributed by atoms with Crippen LogP contribution in [0.3, 0.4) is 0 Å². The highest BCUT2D eigenvalue weighted by Crippen LogP contribution is 2.27. The van der Waals surface area contributed by atoms with E-state index in [1.54, 1.807) is 41.3 Å². The summed E-state index contributed by atoms with van der Waals surface area (Å²) in [5, 5.41) is 0. The Bertz CT molecular complexity index is 1270. The van der Waals surface area contributed by atoms with Crippen molar-refractivity contribution >= 4 is 27.6 Å². The van der Waals surface area contributed by atoms with E-state index in [-0.39, 0.29) is 29.2 Å². The molecule has 0 radical (unpaired) electrons. The van der Waals surface area contributed by atoms with E-state index in [2.05, 4.69) is 0 Å². The Morgan fingerprint density at radius 2 is 1.54 bits per heavy atom. The number of rotatable bonds is 7. The third-order valence-electron chi connectivity index (χ3n) is 6.20. The lowest BCUT2D eigenvalue weighted by Gasteiger charge is -2.31. The number of likely N-dealkylation sites (tertiary alicyclic amines) is 1. The van der Waals surface area contributed by atoms with Gasteiger partial charge in [0, 0.05) is 18.7 Å². The largest absolute Gasteiger partial charge is 0.469 e. The molecule has 4 rings (SSSR count). The first kappa shape index (κ1) is 24.5. The number of hydrogen-bond donors (Lipinski definition) is 0. The van der Waals surface area contributed by atoms with E-state index in [0.717, 1.165) is 5.56 Å². The van der Waals surface area contributed by atoms with E-state index in [0.29, 0.717) is 37.2 Å². The zero-order valence-electron chi connectivity index (χ0n) is 19.5. The number of methoxy groups -OCH3 is 1. The highest BCUT2D eigenvalue weighted by atomic mass is 32.2. The zero-order chi connectivity index (χ0) is 24.8. The third-order valence-corrected chi connectivity index (χ3v) is 7.97. The summed E-state index contributed by atoms with van der Waals surface area (Å²) in [6, 6.07) is 24.5. The molecular weight excluding hydrogens is 464 g/mol. The van der Waals surface area contributed by atoms with E-state index < -0.39 is 10.0 Å². The van der Waals surface area contributed by atoms with Crippen molar-refractivity contribution in [3.63, 3.8) is 0 Å². The molecule has 0 unspecified atom stereocenters. The van der Waals surface area contributed by atoms with Gasteiger partial charge in [-0.1, -0.05) is 54.6 Å². The predicted molar refractivity (Wildman–Crippen MR) is 133 cm³/mol. The molecule has 0 bridgehead atoms. The number of hydrogen-bond acceptors (Lipinski definition) is 5. The number of anilines is 1. The summed E-state index contributed by atoms with van der Waals surface area (Å²) in [6.45, 7) is 0.992. The topological polar surface area (TPSA) is 84.0 Å². The van der Waals surface area contributed by atoms with Crippen molar-refractivity contribution in [1.29, 1.82) is 0 Å². The van der Waals surface area contributed by atoms with Gasteiger partial charge in [-0.05, 0) is 48.7 Å². The van der Waals surface area contributed by atoms with E-state index in [1.165, 1.54) is 23.5 Å². The van der Waals surface area contributed by atoms with E-state index in [9.17, 15) is 18.0 Å². The van der Waals surface area contributed by atoms with E-state index >= 15 is 0 Å². The van der Waals surface area contributed by atoms with Gasteiger partial charge in [-0.15, -0.1) is 0 Å². The molecule has 7 nitrogen and oxygen atoms in total. The SMILES string of the molecule is COC(=O)C1CCN(C(=O)c2cccc(S(=O)(=O)N(Cc3ccccc3)c3ccccc3)c2)CC1. The molecular formula is C27H28N2O5S. The summed E-state index contributed by atoms with van der Waals surface area (Å²) in [5.41, 5.74) is 1.69. The van der Waals surface area contributed by atoms with E-state index in [1.807, 2.05) is 36.4 Å². The van der Waals surface area contributed by atoms with Crippen LogP contribution in [-0.2, 0) is 26.1 Å². The first-order chi connectivity index (χ1) is 16.9. The molecule has 1 heterocycles. The van der Waals surface area contributed by atoms with Gasteiger partial charge in [0.1, 0.15) is 0 Å². The number of amides is 1. The Hall–Kier alpha value is -3.65. The summed E-state index contributed by atoms with van der Waals surface area (Å²) in [7, 11) is -2.60. The zero-order valence-corrected chi connectivity index (χ0v) is 20.4. The van der Waals surface area contributed by atoms with Gasteiger partial charge in [0.15, 0.2) is 0 Å². The van der Waals surface area contributed by atoms with Crippen molar-refractivity contribution < 1.29 is 22.7 Å². The first-order valence-corrected chi connectivity index (χ1v) is 12.9. The third kappa shape index (κ3) is 5.54. The highest BCUT2D eigenvalue weighted by Gasteiger charge is 2.30. The lowest BCUT2D eigenvalue weighted by atomic mass is 9.96. The molecule has 3 aromatic carbocycles. The molecule has 0 N–H and O–H groups in total. The number of ether oxygens (including phenoxy) is 1. The van der Waals surface area contributed by atoms with Crippen LogP contribution in [0.15, 0.2) is 89.8 Å². The van der Waals surface area contributed by atoms with Crippen molar-refractivity contribution in [1.82, 2.24) is 4.90 Å². The molecule has 35 heavy (non-hydrogen) atoms. The number of benzene rings is 3. The molecule has 1 aliphatic heterocycles. The van der Waals surface area contributed by atoms with Gasteiger partial charge >= 0.3 is 5.97 Å². The van der Waals surface area contributed by atoms with Crippen LogP contribution in [0.25, 0.3) is 0 Å². The fourth-order valence-corrected chi connectivity index (χ4v) is 5.74. The normalized spacial score (nSPS) is 14.4. The second-order valence-corrected chi connectivity index (χ2v) is 10.3. The van der Waals surface area contributed by atoms with Crippen LogP contribution in [0, 0.1) is 5.92 Å². The van der Waals surface area contributed by atoms with Crippen LogP contribution >= 0.6 is 0 Å². The van der Waals surface area contributed by atoms with Gasteiger partial charge in [-0.25, -0.2) is 8.42 Å². The smallest absolute Gasteiger partial charge is 0.308 e. The molecule has 182 valence electrons. The molecule has 1 saturated heterocycles. The molecule has 0 aromatic heterocycles. The Morgan fingerprint density at radius 3 is 2.17 bits per heavy atom. The van der Waals surface area contributed by atoms with Crippen molar-refractivity contribution in [3.8, 4) is 0 Å². The average Bonchev–Trinajstić information content (AvgIpc) is 2.92. The van der Waals surface area contributed by atoms with Crippen LogP contribution in [0.1, 0.15) is 28.8 Å². The molecule has 0 spiro atoms.